The number of aliphatic imine (C=N–C) groups is 1. The Bertz CT molecular complexity index is 868. The number of anilines is 1. The zero-order valence-corrected chi connectivity index (χ0v) is 20.5. The lowest BCUT2D eigenvalue weighted by atomic mass is 10.1. The van der Waals surface area contributed by atoms with E-state index in [1.54, 1.807) is 7.05 Å². The average Bonchev–Trinajstić information content (AvgIpc) is 2.76. The molecule has 0 spiro atoms. The highest BCUT2D eigenvalue weighted by molar-refractivity contribution is 14.0. The van der Waals surface area contributed by atoms with Crippen molar-refractivity contribution < 1.29 is 4.79 Å². The highest BCUT2D eigenvalue weighted by atomic mass is 127. The molecule has 2 aromatic rings. The first-order valence-electron chi connectivity index (χ1n) is 9.95. The lowest BCUT2D eigenvalue weighted by molar-refractivity contribution is 0.0963. The van der Waals surface area contributed by atoms with Crippen LogP contribution in [0.15, 0.2) is 53.5 Å². The molecule has 162 valence electrons. The van der Waals surface area contributed by atoms with Crippen molar-refractivity contribution >= 4 is 53.1 Å². The van der Waals surface area contributed by atoms with Crippen LogP contribution in [0.5, 0.6) is 0 Å². The van der Waals surface area contributed by atoms with E-state index in [4.69, 9.17) is 16.6 Å². The SMILES string of the molecule is CCNC(=NCc1cccc(C(=O)NC)c1)N1CCN(c2cccc(Cl)c2)CC1.I. The monoisotopic (exact) mass is 541 g/mol. The number of hydrogen-bond acceptors (Lipinski definition) is 3. The zero-order chi connectivity index (χ0) is 20.6. The van der Waals surface area contributed by atoms with Crippen molar-refractivity contribution in [3.05, 3.63) is 64.7 Å². The first-order valence-corrected chi connectivity index (χ1v) is 10.3. The molecule has 2 N–H and O–H groups in total. The van der Waals surface area contributed by atoms with Gasteiger partial charge in [-0.3, -0.25) is 4.79 Å². The summed E-state index contributed by atoms with van der Waals surface area (Å²) in [7, 11) is 1.64. The van der Waals surface area contributed by atoms with Gasteiger partial charge in [0.05, 0.1) is 6.54 Å². The summed E-state index contributed by atoms with van der Waals surface area (Å²) in [5, 5.41) is 6.81. The minimum Gasteiger partial charge on any atom is -0.368 e. The highest BCUT2D eigenvalue weighted by Crippen LogP contribution is 2.20. The van der Waals surface area contributed by atoms with E-state index in [2.05, 4.69) is 33.4 Å². The maximum absolute atomic E-state index is 11.8. The molecule has 2 aromatic carbocycles. The second kappa shape index (κ2) is 12.0. The molecule has 0 bridgehead atoms. The number of nitrogens with one attached hydrogen (secondary N) is 2. The van der Waals surface area contributed by atoms with E-state index in [0.717, 1.165) is 55.0 Å². The van der Waals surface area contributed by atoms with Gasteiger partial charge in [0.15, 0.2) is 5.96 Å². The Labute approximate surface area is 200 Å². The van der Waals surface area contributed by atoms with Crippen LogP contribution in [0.2, 0.25) is 5.02 Å². The molecule has 0 atom stereocenters. The van der Waals surface area contributed by atoms with Gasteiger partial charge in [0.1, 0.15) is 0 Å². The average molecular weight is 542 g/mol. The van der Waals surface area contributed by atoms with Crippen molar-refractivity contribution in [1.29, 1.82) is 0 Å². The van der Waals surface area contributed by atoms with E-state index in [1.165, 1.54) is 0 Å². The van der Waals surface area contributed by atoms with Crippen molar-refractivity contribution in [3.8, 4) is 0 Å². The maximum Gasteiger partial charge on any atom is 0.251 e. The molecule has 1 aliphatic rings. The van der Waals surface area contributed by atoms with Crippen LogP contribution < -0.4 is 15.5 Å². The molecule has 1 heterocycles. The molecular weight excluding hydrogens is 513 g/mol. The Morgan fingerprint density at radius 1 is 1.10 bits per heavy atom. The third-order valence-electron chi connectivity index (χ3n) is 4.92. The van der Waals surface area contributed by atoms with E-state index in [1.807, 2.05) is 42.5 Å². The van der Waals surface area contributed by atoms with Crippen LogP contribution in [0.3, 0.4) is 0 Å². The van der Waals surface area contributed by atoms with E-state index in [-0.39, 0.29) is 29.9 Å². The molecule has 0 saturated carbocycles. The number of amides is 1. The third-order valence-corrected chi connectivity index (χ3v) is 5.15. The van der Waals surface area contributed by atoms with Crippen LogP contribution in [0.25, 0.3) is 0 Å². The zero-order valence-electron chi connectivity index (χ0n) is 17.4. The smallest absolute Gasteiger partial charge is 0.251 e. The van der Waals surface area contributed by atoms with Crippen LogP contribution in [0, 0.1) is 0 Å². The van der Waals surface area contributed by atoms with Crippen LogP contribution in [-0.4, -0.2) is 56.5 Å². The van der Waals surface area contributed by atoms with E-state index in [9.17, 15) is 4.79 Å². The summed E-state index contributed by atoms with van der Waals surface area (Å²) in [6, 6.07) is 15.6. The molecule has 0 aromatic heterocycles. The fraction of sp³-hybridized carbons (Fsp3) is 0.364. The Kier molecular flexibility index (Phi) is 9.71. The van der Waals surface area contributed by atoms with Crippen molar-refractivity contribution in [3.63, 3.8) is 0 Å². The van der Waals surface area contributed by atoms with Gasteiger partial charge in [0.2, 0.25) is 0 Å². The second-order valence-electron chi connectivity index (χ2n) is 6.90. The van der Waals surface area contributed by atoms with Gasteiger partial charge in [-0.1, -0.05) is 29.8 Å². The summed E-state index contributed by atoms with van der Waals surface area (Å²) in [6.45, 7) is 7.01. The lowest BCUT2D eigenvalue weighted by Crippen LogP contribution is -2.52. The molecule has 0 radical (unpaired) electrons. The molecule has 1 amide bonds. The normalized spacial score (nSPS) is 14.2. The number of halogens is 2. The Hall–Kier alpha value is -2.00. The quantitative estimate of drug-likeness (QED) is 0.345. The van der Waals surface area contributed by atoms with Crippen molar-refractivity contribution in [2.24, 2.45) is 4.99 Å². The minimum atomic E-state index is -0.0835. The molecule has 3 rings (SSSR count). The Balaban J connectivity index is 0.00000320. The third kappa shape index (κ3) is 6.50. The first-order chi connectivity index (χ1) is 14.1. The van der Waals surface area contributed by atoms with Crippen LogP contribution in [0.1, 0.15) is 22.8 Å². The molecule has 0 unspecified atom stereocenters. The summed E-state index contributed by atoms with van der Waals surface area (Å²) in [4.78, 5) is 21.3. The van der Waals surface area contributed by atoms with Gasteiger partial charge in [-0.25, -0.2) is 4.99 Å². The molecule has 0 aliphatic carbocycles. The summed E-state index contributed by atoms with van der Waals surface area (Å²) >= 11 is 6.13. The second-order valence-corrected chi connectivity index (χ2v) is 7.34. The van der Waals surface area contributed by atoms with E-state index >= 15 is 0 Å². The van der Waals surface area contributed by atoms with Crippen molar-refractivity contribution in [1.82, 2.24) is 15.5 Å². The van der Waals surface area contributed by atoms with Gasteiger partial charge >= 0.3 is 0 Å². The number of guanidine groups is 1. The van der Waals surface area contributed by atoms with Crippen LogP contribution in [0.4, 0.5) is 5.69 Å². The standard InChI is InChI=1S/C22H28ClN5O.HI/c1-3-25-22(26-16-17-6-4-7-18(14-17)21(29)24-2)28-12-10-27(11-13-28)20-9-5-8-19(23)15-20;/h4-9,14-15H,3,10-13,16H2,1-2H3,(H,24,29)(H,25,26);1H. The number of rotatable bonds is 5. The molecule has 30 heavy (non-hydrogen) atoms. The Morgan fingerprint density at radius 2 is 1.83 bits per heavy atom. The largest absolute Gasteiger partial charge is 0.368 e. The number of nitrogens with zero attached hydrogens (tertiary/aromatic N) is 3. The van der Waals surface area contributed by atoms with Gasteiger partial charge < -0.3 is 20.4 Å². The maximum atomic E-state index is 11.8. The molecule has 1 aliphatic heterocycles. The molecule has 8 heteroatoms. The fourth-order valence-corrected chi connectivity index (χ4v) is 3.58. The van der Waals surface area contributed by atoms with Gasteiger partial charge in [0, 0.05) is 56.0 Å². The van der Waals surface area contributed by atoms with Gasteiger partial charge in [-0.05, 0) is 42.8 Å². The minimum absolute atomic E-state index is 0. The predicted molar refractivity (Wildman–Crippen MR) is 135 cm³/mol. The van der Waals surface area contributed by atoms with Crippen molar-refractivity contribution in [2.45, 2.75) is 13.5 Å². The topological polar surface area (TPSA) is 60.0 Å². The number of piperazine rings is 1. The van der Waals surface area contributed by atoms with Gasteiger partial charge in [-0.2, -0.15) is 0 Å². The van der Waals surface area contributed by atoms with Crippen LogP contribution in [-0.2, 0) is 6.54 Å². The molecule has 6 nitrogen and oxygen atoms in total. The van der Waals surface area contributed by atoms with Crippen LogP contribution >= 0.6 is 35.6 Å². The summed E-state index contributed by atoms with van der Waals surface area (Å²) < 4.78 is 0. The number of carbonyl (C=O) groups excluding carboxylic acids is 1. The van der Waals surface area contributed by atoms with Crippen molar-refractivity contribution in [2.75, 3.05) is 44.7 Å². The lowest BCUT2D eigenvalue weighted by Gasteiger charge is -2.37. The summed E-state index contributed by atoms with van der Waals surface area (Å²) in [6.07, 6.45) is 0. The molecule has 1 saturated heterocycles. The first kappa shape index (κ1) is 24.3. The number of hydrogen-bond donors (Lipinski definition) is 2. The number of benzene rings is 2. The summed E-state index contributed by atoms with van der Waals surface area (Å²) in [5.41, 5.74) is 2.82. The van der Waals surface area contributed by atoms with Gasteiger partial charge in [0.25, 0.3) is 5.91 Å². The van der Waals surface area contributed by atoms with E-state index < -0.39 is 0 Å². The predicted octanol–water partition coefficient (Wildman–Crippen LogP) is 3.61. The summed E-state index contributed by atoms with van der Waals surface area (Å²) in [5.74, 6) is 0.823. The fourth-order valence-electron chi connectivity index (χ4n) is 3.40. The molecule has 1 fully saturated rings. The molecular formula is C22H29ClIN5O. The number of carbonyl (C=O) groups is 1. The van der Waals surface area contributed by atoms with E-state index in [0.29, 0.717) is 12.1 Å². The highest BCUT2D eigenvalue weighted by Gasteiger charge is 2.20. The van der Waals surface area contributed by atoms with Gasteiger partial charge in [-0.15, -0.1) is 24.0 Å². The Morgan fingerprint density at radius 3 is 2.50 bits per heavy atom.